The van der Waals surface area contributed by atoms with E-state index < -0.39 is 0 Å². The second-order valence-corrected chi connectivity index (χ2v) is 10.2. The summed E-state index contributed by atoms with van der Waals surface area (Å²) in [5, 5.41) is 0. The lowest BCUT2D eigenvalue weighted by Gasteiger charge is -2.35. The highest BCUT2D eigenvalue weighted by Gasteiger charge is 2.25. The van der Waals surface area contributed by atoms with Gasteiger partial charge >= 0.3 is 0 Å². The maximum atomic E-state index is 13.6. The van der Waals surface area contributed by atoms with Crippen LogP contribution in [0.25, 0.3) is 0 Å². The minimum Gasteiger partial charge on any atom is -0.489 e. The van der Waals surface area contributed by atoms with Crippen molar-refractivity contribution in [3.05, 3.63) is 131 Å². The molecule has 0 aliphatic carbocycles. The van der Waals surface area contributed by atoms with Crippen molar-refractivity contribution in [2.24, 2.45) is 0 Å². The summed E-state index contributed by atoms with van der Waals surface area (Å²) >= 11 is 0. The van der Waals surface area contributed by atoms with Crippen LogP contribution in [0.2, 0.25) is 0 Å². The summed E-state index contributed by atoms with van der Waals surface area (Å²) in [5.74, 6) is 1.26. The van der Waals surface area contributed by atoms with Gasteiger partial charge in [0.1, 0.15) is 24.7 Å². The molecule has 198 valence electrons. The Kier molecular flexibility index (Phi) is 10.7. The number of carbonyl (C=O) groups is 1. The number of ether oxygens (including phenoxy) is 2. The first-order valence-electron chi connectivity index (χ1n) is 12.7. The number of nitrogens with zero attached hydrogens (tertiary/aromatic N) is 1. The fourth-order valence-electron chi connectivity index (χ4n) is 3.98. The van der Waals surface area contributed by atoms with Crippen LogP contribution in [0, 0.1) is 0 Å². The molecule has 0 heterocycles. The highest BCUT2D eigenvalue weighted by atomic mass is 79.9. The number of rotatable bonds is 11. The fourth-order valence-corrected chi connectivity index (χ4v) is 3.98. The first-order valence-corrected chi connectivity index (χ1v) is 12.7. The Bertz CT molecular complexity index is 1210. The summed E-state index contributed by atoms with van der Waals surface area (Å²) in [5.41, 5.74) is 3.70. The van der Waals surface area contributed by atoms with Crippen LogP contribution < -0.4 is 9.47 Å². The zero-order valence-electron chi connectivity index (χ0n) is 22.3. The number of halogens is 1. The predicted octanol–water partition coefficient (Wildman–Crippen LogP) is 7.91. The maximum absolute atomic E-state index is 13.6. The number of carbonyl (C=O) groups excluding carboxylic acids is 1. The third-order valence-corrected chi connectivity index (χ3v) is 6.20. The fraction of sp³-hybridized carbons (Fsp3) is 0.242. The van der Waals surface area contributed by atoms with Crippen LogP contribution in [0.5, 0.6) is 11.5 Å². The molecule has 0 saturated carbocycles. The monoisotopic (exact) mass is 573 g/mol. The lowest BCUT2D eigenvalue weighted by Crippen LogP contribution is -2.43. The van der Waals surface area contributed by atoms with Crippen LogP contribution in [-0.2, 0) is 19.8 Å². The summed E-state index contributed by atoms with van der Waals surface area (Å²) in [6.45, 7) is 8.22. The van der Waals surface area contributed by atoms with Gasteiger partial charge in [-0.3, -0.25) is 9.69 Å². The van der Waals surface area contributed by atoms with Gasteiger partial charge in [0.15, 0.2) is 5.78 Å². The first kappa shape index (κ1) is 29.2. The Labute approximate surface area is 237 Å². The summed E-state index contributed by atoms with van der Waals surface area (Å²) < 4.78 is 12.2. The van der Waals surface area contributed by atoms with Crippen molar-refractivity contribution in [1.29, 1.82) is 0 Å². The van der Waals surface area contributed by atoms with Crippen LogP contribution in [0.3, 0.4) is 0 Å². The quantitative estimate of drug-likeness (QED) is 0.171. The zero-order chi connectivity index (χ0) is 26.1. The molecule has 0 amide bonds. The molecule has 0 aliphatic heterocycles. The van der Waals surface area contributed by atoms with Crippen LogP contribution >= 0.6 is 17.0 Å². The van der Waals surface area contributed by atoms with E-state index in [-0.39, 0.29) is 28.3 Å². The van der Waals surface area contributed by atoms with E-state index in [0.29, 0.717) is 43.4 Å². The molecule has 0 aromatic heterocycles. The molecule has 4 aromatic carbocycles. The van der Waals surface area contributed by atoms with E-state index in [1.165, 1.54) is 5.56 Å². The first-order chi connectivity index (χ1) is 17.9. The molecule has 0 unspecified atom stereocenters. The summed E-state index contributed by atoms with van der Waals surface area (Å²) in [6.07, 6.45) is 0. The van der Waals surface area contributed by atoms with Gasteiger partial charge in [-0.2, -0.15) is 0 Å². The SMILES string of the molecule is Br.CC(C)(C)N(CC(=O)c1cc(OCc2ccccc2)cc(OCc2ccccc2)c1)Cc1ccccc1. The van der Waals surface area contributed by atoms with Crippen molar-refractivity contribution in [1.82, 2.24) is 4.90 Å². The Morgan fingerprint density at radius 3 is 1.50 bits per heavy atom. The highest BCUT2D eigenvalue weighted by Crippen LogP contribution is 2.26. The van der Waals surface area contributed by atoms with E-state index in [4.69, 9.17) is 9.47 Å². The van der Waals surface area contributed by atoms with Gasteiger partial charge in [-0.25, -0.2) is 0 Å². The van der Waals surface area contributed by atoms with E-state index >= 15 is 0 Å². The van der Waals surface area contributed by atoms with Crippen molar-refractivity contribution < 1.29 is 14.3 Å². The minimum atomic E-state index is -0.181. The molecule has 0 fully saturated rings. The third-order valence-electron chi connectivity index (χ3n) is 6.20. The van der Waals surface area contributed by atoms with Gasteiger partial charge in [0.2, 0.25) is 0 Å². The number of hydrogen-bond donors (Lipinski definition) is 0. The molecule has 4 rings (SSSR count). The van der Waals surface area contributed by atoms with Crippen molar-refractivity contribution in [2.75, 3.05) is 6.54 Å². The van der Waals surface area contributed by atoms with E-state index in [2.05, 4.69) is 37.8 Å². The largest absolute Gasteiger partial charge is 0.489 e. The summed E-state index contributed by atoms with van der Waals surface area (Å²) in [7, 11) is 0. The standard InChI is InChI=1S/C33H35NO3.BrH/c1-33(2,3)34(22-26-13-7-4-8-14-26)23-32(35)29-19-30(36-24-27-15-9-5-10-16-27)21-31(20-29)37-25-28-17-11-6-12-18-28;/h4-21H,22-25H2,1-3H3;1H. The van der Waals surface area contributed by atoms with Gasteiger partial charge < -0.3 is 9.47 Å². The van der Waals surface area contributed by atoms with Gasteiger partial charge in [0, 0.05) is 23.7 Å². The average molecular weight is 575 g/mol. The molecule has 0 radical (unpaired) electrons. The second kappa shape index (κ2) is 13.9. The molecular formula is C33H36BrNO3. The lowest BCUT2D eigenvalue weighted by atomic mass is 10.0. The van der Waals surface area contributed by atoms with Crippen LogP contribution in [0.4, 0.5) is 0 Å². The minimum absolute atomic E-state index is 0. The van der Waals surface area contributed by atoms with Crippen molar-refractivity contribution in [3.63, 3.8) is 0 Å². The van der Waals surface area contributed by atoms with Crippen LogP contribution in [0.1, 0.15) is 47.8 Å². The topological polar surface area (TPSA) is 38.8 Å². The third kappa shape index (κ3) is 8.86. The van der Waals surface area contributed by atoms with Crippen LogP contribution in [-0.4, -0.2) is 22.8 Å². The molecule has 0 atom stereocenters. The lowest BCUT2D eigenvalue weighted by molar-refractivity contribution is 0.0792. The number of benzene rings is 4. The van der Waals surface area contributed by atoms with Gasteiger partial charge in [0.25, 0.3) is 0 Å². The molecular weight excluding hydrogens is 538 g/mol. The Hall–Kier alpha value is -3.41. The molecule has 4 nitrogen and oxygen atoms in total. The van der Waals surface area contributed by atoms with Crippen molar-refractivity contribution in [3.8, 4) is 11.5 Å². The molecule has 0 aliphatic rings. The van der Waals surface area contributed by atoms with E-state index in [1.54, 1.807) is 0 Å². The number of ketones is 1. The zero-order valence-corrected chi connectivity index (χ0v) is 24.0. The van der Waals surface area contributed by atoms with E-state index in [1.807, 2.05) is 97.1 Å². The summed E-state index contributed by atoms with van der Waals surface area (Å²) in [4.78, 5) is 15.8. The van der Waals surface area contributed by atoms with Gasteiger partial charge in [-0.05, 0) is 49.6 Å². The van der Waals surface area contributed by atoms with Crippen LogP contribution in [0.15, 0.2) is 109 Å². The molecule has 0 bridgehead atoms. The number of hydrogen-bond acceptors (Lipinski definition) is 4. The molecule has 0 spiro atoms. The second-order valence-electron chi connectivity index (χ2n) is 10.2. The highest BCUT2D eigenvalue weighted by molar-refractivity contribution is 8.93. The smallest absolute Gasteiger partial charge is 0.177 e. The maximum Gasteiger partial charge on any atom is 0.177 e. The van der Waals surface area contributed by atoms with Gasteiger partial charge in [-0.1, -0.05) is 91.0 Å². The summed E-state index contributed by atoms with van der Waals surface area (Å²) in [6, 6.07) is 35.7. The van der Waals surface area contributed by atoms with Gasteiger partial charge in [0.05, 0.1) is 6.54 Å². The molecule has 4 aromatic rings. The average Bonchev–Trinajstić information content (AvgIpc) is 2.91. The molecule has 0 N–H and O–H groups in total. The van der Waals surface area contributed by atoms with E-state index in [0.717, 1.165) is 11.1 Å². The normalized spacial score (nSPS) is 11.1. The molecule has 0 saturated heterocycles. The van der Waals surface area contributed by atoms with Crippen molar-refractivity contribution >= 4 is 22.8 Å². The number of Topliss-reactive ketones (excluding diaryl/α,β-unsaturated/α-hetero) is 1. The predicted molar refractivity (Wildman–Crippen MR) is 159 cm³/mol. The van der Waals surface area contributed by atoms with Gasteiger partial charge in [-0.15, -0.1) is 17.0 Å². The Balaban J connectivity index is 0.00000400. The molecule has 5 heteroatoms. The Morgan fingerprint density at radius 2 is 1.08 bits per heavy atom. The Morgan fingerprint density at radius 1 is 0.658 bits per heavy atom. The van der Waals surface area contributed by atoms with Crippen molar-refractivity contribution in [2.45, 2.75) is 46.1 Å². The molecule has 38 heavy (non-hydrogen) atoms. The van der Waals surface area contributed by atoms with E-state index in [9.17, 15) is 4.79 Å².